The van der Waals surface area contributed by atoms with Crippen molar-refractivity contribution < 1.29 is 14.3 Å². The number of ether oxygens (including phenoxy) is 1. The molecule has 148 valence electrons. The number of carbonyl (C=O) groups excluding carboxylic acids is 2. The zero-order chi connectivity index (χ0) is 20.9. The Morgan fingerprint density at radius 1 is 0.800 bits per heavy atom. The van der Waals surface area contributed by atoms with E-state index in [9.17, 15) is 9.59 Å². The molecule has 0 N–H and O–H groups in total. The third kappa shape index (κ3) is 3.75. The second kappa shape index (κ2) is 8.53. The summed E-state index contributed by atoms with van der Waals surface area (Å²) in [4.78, 5) is 26.4. The molecular weight excluding hydrogens is 378 g/mol. The topological polar surface area (TPSA) is 74.1 Å². The maximum Gasteiger partial charge on any atom is 0.215 e. The van der Waals surface area contributed by atoms with Crippen LogP contribution < -0.4 is 4.74 Å². The number of benzene rings is 3. The molecule has 0 aliphatic carbocycles. The third-order valence-electron chi connectivity index (χ3n) is 4.75. The lowest BCUT2D eigenvalue weighted by Gasteiger charge is -2.10. The van der Waals surface area contributed by atoms with Gasteiger partial charge in [-0.15, -0.1) is 5.10 Å². The van der Waals surface area contributed by atoms with Gasteiger partial charge in [-0.1, -0.05) is 84.1 Å². The Kier molecular flexibility index (Phi) is 5.48. The summed E-state index contributed by atoms with van der Waals surface area (Å²) >= 11 is 0. The lowest BCUT2D eigenvalue weighted by atomic mass is 10.0. The molecule has 0 amide bonds. The van der Waals surface area contributed by atoms with Gasteiger partial charge in [-0.2, -0.15) is 0 Å². The Morgan fingerprint density at radius 2 is 1.37 bits per heavy atom. The number of para-hydroxylation sites is 1. The molecule has 4 aromatic rings. The van der Waals surface area contributed by atoms with Crippen LogP contribution in [0, 0.1) is 0 Å². The summed E-state index contributed by atoms with van der Waals surface area (Å²) in [7, 11) is 1.58. The van der Waals surface area contributed by atoms with E-state index in [-0.39, 0.29) is 29.5 Å². The van der Waals surface area contributed by atoms with Crippen LogP contribution >= 0.6 is 0 Å². The minimum atomic E-state index is -0.346. The molecule has 1 heterocycles. The van der Waals surface area contributed by atoms with Crippen molar-refractivity contribution in [3.8, 4) is 5.75 Å². The van der Waals surface area contributed by atoms with Crippen molar-refractivity contribution in [2.75, 3.05) is 7.11 Å². The summed E-state index contributed by atoms with van der Waals surface area (Å²) in [5, 5.41) is 8.24. The number of hydrogen-bond donors (Lipinski definition) is 0. The summed E-state index contributed by atoms with van der Waals surface area (Å²) in [6.07, 6.45) is 0. The molecule has 0 atom stereocenters. The quantitative estimate of drug-likeness (QED) is 0.444. The van der Waals surface area contributed by atoms with Gasteiger partial charge in [0.05, 0.1) is 13.7 Å². The van der Waals surface area contributed by atoms with Crippen LogP contribution in [-0.2, 0) is 6.54 Å². The molecule has 0 unspecified atom stereocenters. The SMILES string of the molecule is COc1ccccc1Cn1nnc(C(=O)c2ccccc2)c1C(=O)c1ccccc1. The van der Waals surface area contributed by atoms with Crippen molar-refractivity contribution in [2.45, 2.75) is 6.54 Å². The number of methoxy groups -OCH3 is 1. The van der Waals surface area contributed by atoms with E-state index >= 15 is 0 Å². The van der Waals surface area contributed by atoms with E-state index in [2.05, 4.69) is 10.3 Å². The number of carbonyl (C=O) groups is 2. The van der Waals surface area contributed by atoms with Crippen molar-refractivity contribution in [2.24, 2.45) is 0 Å². The molecule has 1 aromatic heterocycles. The molecule has 0 saturated carbocycles. The smallest absolute Gasteiger partial charge is 0.215 e. The number of hydrogen-bond acceptors (Lipinski definition) is 5. The first-order valence-electron chi connectivity index (χ1n) is 9.44. The molecule has 0 fully saturated rings. The van der Waals surface area contributed by atoms with E-state index in [0.717, 1.165) is 5.56 Å². The van der Waals surface area contributed by atoms with Gasteiger partial charge in [-0.3, -0.25) is 9.59 Å². The van der Waals surface area contributed by atoms with Crippen LogP contribution in [0.1, 0.15) is 37.7 Å². The molecule has 0 bridgehead atoms. The Morgan fingerprint density at radius 3 is 2.00 bits per heavy atom. The van der Waals surface area contributed by atoms with E-state index in [1.807, 2.05) is 36.4 Å². The standard InChI is InChI=1S/C24H19N3O3/c1-30-20-15-9-8-14-19(20)16-27-22(24(29)18-12-6-3-7-13-18)21(25-26-27)23(28)17-10-4-2-5-11-17/h2-15H,16H2,1H3. The molecule has 0 saturated heterocycles. The zero-order valence-corrected chi connectivity index (χ0v) is 16.4. The van der Waals surface area contributed by atoms with E-state index < -0.39 is 0 Å². The fraction of sp³-hybridized carbons (Fsp3) is 0.0833. The van der Waals surface area contributed by atoms with Gasteiger partial charge in [0.15, 0.2) is 5.69 Å². The van der Waals surface area contributed by atoms with Gasteiger partial charge in [0.25, 0.3) is 0 Å². The van der Waals surface area contributed by atoms with Crippen molar-refractivity contribution in [1.29, 1.82) is 0 Å². The largest absolute Gasteiger partial charge is 0.496 e. The number of aromatic nitrogens is 3. The van der Waals surface area contributed by atoms with Crippen molar-refractivity contribution in [1.82, 2.24) is 15.0 Å². The van der Waals surface area contributed by atoms with Gasteiger partial charge < -0.3 is 4.74 Å². The minimum absolute atomic E-state index is 0.0324. The Labute approximate surface area is 173 Å². The van der Waals surface area contributed by atoms with E-state index in [1.165, 1.54) is 4.68 Å². The van der Waals surface area contributed by atoms with E-state index in [1.54, 1.807) is 55.6 Å². The maximum atomic E-state index is 13.3. The minimum Gasteiger partial charge on any atom is -0.496 e. The highest BCUT2D eigenvalue weighted by Gasteiger charge is 2.27. The van der Waals surface area contributed by atoms with Crippen molar-refractivity contribution in [3.05, 3.63) is 113 Å². The summed E-state index contributed by atoms with van der Waals surface area (Å²) in [5.74, 6) is 0.0120. The van der Waals surface area contributed by atoms with Crippen LogP contribution in [0.15, 0.2) is 84.9 Å². The predicted octanol–water partition coefficient (Wildman–Crippen LogP) is 3.80. The van der Waals surface area contributed by atoms with Crippen molar-refractivity contribution >= 4 is 11.6 Å². The molecule has 0 aliphatic rings. The van der Waals surface area contributed by atoms with Gasteiger partial charge in [-0.05, 0) is 6.07 Å². The molecule has 30 heavy (non-hydrogen) atoms. The second-order valence-electron chi connectivity index (χ2n) is 6.65. The zero-order valence-electron chi connectivity index (χ0n) is 16.4. The first-order valence-corrected chi connectivity index (χ1v) is 9.44. The predicted molar refractivity (Wildman–Crippen MR) is 112 cm³/mol. The normalized spacial score (nSPS) is 10.6. The Hall–Kier alpha value is -4.06. The first-order chi connectivity index (χ1) is 14.7. The van der Waals surface area contributed by atoms with Crippen LogP contribution in [0.2, 0.25) is 0 Å². The summed E-state index contributed by atoms with van der Waals surface area (Å²) < 4.78 is 6.87. The third-order valence-corrected chi connectivity index (χ3v) is 4.75. The molecular formula is C24H19N3O3. The highest BCUT2D eigenvalue weighted by Crippen LogP contribution is 2.22. The fourth-order valence-corrected chi connectivity index (χ4v) is 3.25. The summed E-state index contributed by atoms with van der Waals surface area (Å²) in [6.45, 7) is 0.243. The average Bonchev–Trinajstić information content (AvgIpc) is 3.23. The van der Waals surface area contributed by atoms with Crippen LogP contribution in [0.3, 0.4) is 0 Å². The lowest BCUT2D eigenvalue weighted by molar-refractivity contribution is 0.0995. The number of rotatable bonds is 7. The number of ketones is 2. The first kappa shape index (κ1) is 19.3. The molecule has 4 rings (SSSR count). The van der Waals surface area contributed by atoms with Gasteiger partial charge in [0.1, 0.15) is 11.4 Å². The van der Waals surface area contributed by atoms with Gasteiger partial charge >= 0.3 is 0 Å². The second-order valence-corrected chi connectivity index (χ2v) is 6.65. The van der Waals surface area contributed by atoms with E-state index in [0.29, 0.717) is 16.9 Å². The lowest BCUT2D eigenvalue weighted by Crippen LogP contribution is -2.17. The monoisotopic (exact) mass is 397 g/mol. The van der Waals surface area contributed by atoms with Crippen LogP contribution in [0.4, 0.5) is 0 Å². The molecule has 3 aromatic carbocycles. The van der Waals surface area contributed by atoms with Crippen LogP contribution in [0.5, 0.6) is 5.75 Å². The van der Waals surface area contributed by atoms with Gasteiger partial charge in [-0.25, -0.2) is 4.68 Å². The molecule has 6 heteroatoms. The Balaban J connectivity index is 1.82. The van der Waals surface area contributed by atoms with Gasteiger partial charge in [0, 0.05) is 16.7 Å². The van der Waals surface area contributed by atoms with Crippen LogP contribution in [-0.4, -0.2) is 33.7 Å². The van der Waals surface area contributed by atoms with Crippen molar-refractivity contribution in [3.63, 3.8) is 0 Å². The fourth-order valence-electron chi connectivity index (χ4n) is 3.25. The highest BCUT2D eigenvalue weighted by molar-refractivity contribution is 6.17. The summed E-state index contributed by atoms with van der Waals surface area (Å²) in [6, 6.07) is 25.0. The number of nitrogens with zero attached hydrogens (tertiary/aromatic N) is 3. The van der Waals surface area contributed by atoms with E-state index in [4.69, 9.17) is 4.74 Å². The van der Waals surface area contributed by atoms with Gasteiger partial charge in [0.2, 0.25) is 11.6 Å². The maximum absolute atomic E-state index is 13.3. The van der Waals surface area contributed by atoms with Crippen LogP contribution in [0.25, 0.3) is 0 Å². The molecule has 0 radical (unpaired) electrons. The molecule has 0 aliphatic heterocycles. The summed E-state index contributed by atoms with van der Waals surface area (Å²) in [5.41, 5.74) is 1.92. The average molecular weight is 397 g/mol. The highest BCUT2D eigenvalue weighted by atomic mass is 16.5. The molecule has 0 spiro atoms. The molecule has 6 nitrogen and oxygen atoms in total. The Bertz CT molecular complexity index is 1180.